The summed E-state index contributed by atoms with van der Waals surface area (Å²) < 4.78 is 5.49. The van der Waals surface area contributed by atoms with Crippen LogP contribution in [0.15, 0.2) is 36.9 Å². The fraction of sp³-hybridized carbons (Fsp3) is 0.556. The Morgan fingerprint density at radius 2 is 1.95 bits per heavy atom. The van der Waals surface area contributed by atoms with Crippen molar-refractivity contribution in [1.82, 2.24) is 5.32 Å². The van der Waals surface area contributed by atoms with Gasteiger partial charge in [0.1, 0.15) is 12.4 Å². The third kappa shape index (κ3) is 4.68. The molecule has 0 spiro atoms. The first kappa shape index (κ1) is 15.1. The van der Waals surface area contributed by atoms with Crippen molar-refractivity contribution < 1.29 is 4.74 Å². The smallest absolute Gasteiger partial charge is 0.119 e. The Kier molecular flexibility index (Phi) is 6.13. The van der Waals surface area contributed by atoms with Crippen LogP contribution in [0.1, 0.15) is 44.6 Å². The Labute approximate surface area is 123 Å². The quantitative estimate of drug-likeness (QED) is 0.747. The summed E-state index contributed by atoms with van der Waals surface area (Å²) in [5, 5.41) is 3.67. The van der Waals surface area contributed by atoms with Gasteiger partial charge in [-0.25, -0.2) is 0 Å². The summed E-state index contributed by atoms with van der Waals surface area (Å²) >= 11 is 0. The van der Waals surface area contributed by atoms with E-state index in [0.29, 0.717) is 12.6 Å². The summed E-state index contributed by atoms with van der Waals surface area (Å²) in [6.45, 7) is 7.49. The van der Waals surface area contributed by atoms with Gasteiger partial charge in [-0.15, -0.1) is 0 Å². The molecule has 1 aliphatic carbocycles. The summed E-state index contributed by atoms with van der Waals surface area (Å²) in [7, 11) is 0. The lowest BCUT2D eigenvalue weighted by Gasteiger charge is -2.28. The highest BCUT2D eigenvalue weighted by Crippen LogP contribution is 2.26. The minimum absolute atomic E-state index is 0.566. The third-order valence-electron chi connectivity index (χ3n) is 4.28. The van der Waals surface area contributed by atoms with Gasteiger partial charge in [-0.3, -0.25) is 0 Å². The molecule has 0 radical (unpaired) electrons. The molecular weight excluding hydrogens is 246 g/mol. The Morgan fingerprint density at radius 3 is 2.60 bits per heavy atom. The summed E-state index contributed by atoms with van der Waals surface area (Å²) in [5.74, 6) is 1.77. The highest BCUT2D eigenvalue weighted by Gasteiger charge is 2.19. The number of hydrogen-bond acceptors (Lipinski definition) is 2. The van der Waals surface area contributed by atoms with Crippen LogP contribution in [0.4, 0.5) is 0 Å². The molecule has 1 aromatic rings. The molecule has 0 aromatic heterocycles. The summed E-state index contributed by atoms with van der Waals surface area (Å²) in [4.78, 5) is 0. The van der Waals surface area contributed by atoms with Crippen molar-refractivity contribution in [1.29, 1.82) is 0 Å². The lowest BCUT2D eigenvalue weighted by atomic mass is 9.84. The molecule has 2 rings (SSSR count). The molecule has 110 valence electrons. The van der Waals surface area contributed by atoms with Gasteiger partial charge in [-0.1, -0.05) is 44.1 Å². The van der Waals surface area contributed by atoms with Crippen molar-refractivity contribution >= 4 is 0 Å². The van der Waals surface area contributed by atoms with Gasteiger partial charge < -0.3 is 10.1 Å². The van der Waals surface area contributed by atoms with Crippen molar-refractivity contribution in [3.05, 3.63) is 42.5 Å². The van der Waals surface area contributed by atoms with Crippen molar-refractivity contribution in [2.75, 3.05) is 6.61 Å². The second-order valence-corrected chi connectivity index (χ2v) is 5.81. The lowest BCUT2D eigenvalue weighted by molar-refractivity contribution is 0.280. The van der Waals surface area contributed by atoms with E-state index in [1.54, 1.807) is 6.08 Å². The molecule has 1 atom stereocenters. The molecule has 0 saturated heterocycles. The number of rotatable bonds is 7. The Balaban J connectivity index is 1.76. The van der Waals surface area contributed by atoms with E-state index in [1.807, 2.05) is 12.1 Å². The molecule has 0 aliphatic heterocycles. The molecular formula is C18H27NO. The van der Waals surface area contributed by atoms with Crippen LogP contribution in [0.3, 0.4) is 0 Å². The number of hydrogen-bond donors (Lipinski definition) is 1. The number of nitrogens with one attached hydrogen (secondary N) is 1. The first-order valence-electron chi connectivity index (χ1n) is 7.85. The maximum atomic E-state index is 5.49. The molecule has 1 N–H and O–H groups in total. The molecule has 0 bridgehead atoms. The Bertz CT molecular complexity index is 392. The van der Waals surface area contributed by atoms with E-state index in [2.05, 4.69) is 31.0 Å². The molecule has 1 aromatic carbocycles. The molecule has 20 heavy (non-hydrogen) atoms. The second kappa shape index (κ2) is 8.11. The van der Waals surface area contributed by atoms with Crippen molar-refractivity contribution in [3.63, 3.8) is 0 Å². The van der Waals surface area contributed by atoms with Gasteiger partial charge in [-0.2, -0.15) is 0 Å². The summed E-state index contributed by atoms with van der Waals surface area (Å²) in [5.41, 5.74) is 1.32. The number of ether oxygens (including phenoxy) is 1. The number of benzene rings is 1. The van der Waals surface area contributed by atoms with Crippen LogP contribution in [-0.4, -0.2) is 12.6 Å². The highest BCUT2D eigenvalue weighted by atomic mass is 16.5. The normalized spacial score (nSPS) is 17.6. The van der Waals surface area contributed by atoms with Crippen LogP contribution in [0.5, 0.6) is 5.75 Å². The van der Waals surface area contributed by atoms with Crippen LogP contribution in [0.25, 0.3) is 0 Å². The van der Waals surface area contributed by atoms with E-state index in [9.17, 15) is 0 Å². The zero-order chi connectivity index (χ0) is 14.2. The van der Waals surface area contributed by atoms with Gasteiger partial charge in [0.15, 0.2) is 0 Å². The third-order valence-corrected chi connectivity index (χ3v) is 4.28. The maximum absolute atomic E-state index is 5.49. The molecule has 1 saturated carbocycles. The van der Waals surface area contributed by atoms with E-state index in [1.165, 1.54) is 37.7 Å². The molecule has 1 aliphatic rings. The van der Waals surface area contributed by atoms with Crippen LogP contribution in [-0.2, 0) is 6.54 Å². The summed E-state index contributed by atoms with van der Waals surface area (Å²) in [6.07, 6.45) is 8.79. The first-order chi connectivity index (χ1) is 9.79. The minimum atomic E-state index is 0.566. The van der Waals surface area contributed by atoms with Crippen molar-refractivity contribution in [3.8, 4) is 5.75 Å². The summed E-state index contributed by atoms with van der Waals surface area (Å²) in [6, 6.07) is 8.96. The predicted molar refractivity (Wildman–Crippen MR) is 85.0 cm³/mol. The maximum Gasteiger partial charge on any atom is 0.119 e. The largest absolute Gasteiger partial charge is 0.490 e. The zero-order valence-electron chi connectivity index (χ0n) is 12.6. The van der Waals surface area contributed by atoms with Crippen LogP contribution in [0, 0.1) is 5.92 Å². The average molecular weight is 273 g/mol. The van der Waals surface area contributed by atoms with Gasteiger partial charge in [0.05, 0.1) is 0 Å². The van der Waals surface area contributed by atoms with Gasteiger partial charge in [0.25, 0.3) is 0 Å². The second-order valence-electron chi connectivity index (χ2n) is 5.81. The van der Waals surface area contributed by atoms with Crippen molar-refractivity contribution in [2.45, 2.75) is 51.6 Å². The van der Waals surface area contributed by atoms with Gasteiger partial charge in [-0.05, 0) is 43.4 Å². The SMILES string of the molecule is C=CCOc1ccc(CN[C@H](C)C2CCCCC2)cc1. The van der Waals surface area contributed by atoms with Crippen molar-refractivity contribution in [2.24, 2.45) is 5.92 Å². The van der Waals surface area contributed by atoms with E-state index < -0.39 is 0 Å². The Hall–Kier alpha value is -1.28. The first-order valence-corrected chi connectivity index (χ1v) is 7.85. The minimum Gasteiger partial charge on any atom is -0.490 e. The monoisotopic (exact) mass is 273 g/mol. The van der Waals surface area contributed by atoms with Gasteiger partial charge in [0.2, 0.25) is 0 Å². The average Bonchev–Trinajstić information content (AvgIpc) is 2.52. The molecule has 2 heteroatoms. The zero-order valence-corrected chi connectivity index (χ0v) is 12.6. The fourth-order valence-corrected chi connectivity index (χ4v) is 2.94. The lowest BCUT2D eigenvalue weighted by Crippen LogP contribution is -2.34. The van der Waals surface area contributed by atoms with E-state index in [-0.39, 0.29) is 0 Å². The van der Waals surface area contributed by atoms with Gasteiger partial charge in [0, 0.05) is 12.6 Å². The van der Waals surface area contributed by atoms with E-state index in [0.717, 1.165) is 18.2 Å². The molecule has 2 nitrogen and oxygen atoms in total. The van der Waals surface area contributed by atoms with E-state index in [4.69, 9.17) is 4.74 Å². The molecule has 0 unspecified atom stereocenters. The highest BCUT2D eigenvalue weighted by molar-refractivity contribution is 5.27. The molecule has 0 heterocycles. The molecule has 1 fully saturated rings. The topological polar surface area (TPSA) is 21.3 Å². The predicted octanol–water partition coefficient (Wildman–Crippen LogP) is 4.31. The van der Waals surface area contributed by atoms with Crippen LogP contribution >= 0.6 is 0 Å². The standard InChI is InChI=1S/C18H27NO/c1-3-13-20-18-11-9-16(10-12-18)14-19-15(2)17-7-5-4-6-8-17/h3,9-12,15,17,19H,1,4-8,13-14H2,2H3/t15-/m1/s1. The van der Waals surface area contributed by atoms with Gasteiger partial charge >= 0.3 is 0 Å². The van der Waals surface area contributed by atoms with E-state index >= 15 is 0 Å². The Morgan fingerprint density at radius 1 is 1.25 bits per heavy atom. The van der Waals surface area contributed by atoms with Crippen LogP contribution < -0.4 is 10.1 Å². The fourth-order valence-electron chi connectivity index (χ4n) is 2.94. The van der Waals surface area contributed by atoms with Crippen LogP contribution in [0.2, 0.25) is 0 Å². The molecule has 0 amide bonds.